The molecule has 1 rings (SSSR count). The molecule has 1 aromatic rings. The van der Waals surface area contributed by atoms with Crippen LogP contribution in [0.4, 0.5) is 0 Å². The Labute approximate surface area is 151 Å². The van der Waals surface area contributed by atoms with Crippen LogP contribution in [0.1, 0.15) is 25.2 Å². The van der Waals surface area contributed by atoms with E-state index in [1.54, 1.807) is 13.8 Å². The Morgan fingerprint density at radius 1 is 1.05 bits per heavy atom. The van der Waals surface area contributed by atoms with E-state index in [1.165, 1.54) is 0 Å². The molecule has 0 aliphatic rings. The Kier molecular flexibility index (Phi) is 10.6. The van der Waals surface area contributed by atoms with E-state index in [9.17, 15) is 0 Å². The van der Waals surface area contributed by atoms with Gasteiger partial charge in [-0.3, -0.25) is 10.9 Å². The van der Waals surface area contributed by atoms with Crippen molar-refractivity contribution in [3.05, 3.63) is 29.6 Å². The van der Waals surface area contributed by atoms with E-state index in [0.29, 0.717) is 22.8 Å². The zero-order chi connectivity index (χ0) is 17.1. The third kappa shape index (κ3) is 8.19. The summed E-state index contributed by atoms with van der Waals surface area (Å²) in [6.07, 6.45) is 0. The number of pyridine rings is 1. The van der Waals surface area contributed by atoms with Crippen LogP contribution in [-0.2, 0) is 14.8 Å². The summed E-state index contributed by atoms with van der Waals surface area (Å²) >= 11 is 12.4. The first-order valence-electron chi connectivity index (χ1n) is 5.70. The summed E-state index contributed by atoms with van der Waals surface area (Å²) in [4.78, 5) is 4.42. The minimum atomic E-state index is 0.0962. The SMILES string of the molecule is CC(=NNC(N)=S)c1cccc(C(C)=NNC(N)=S)n1.[Cl][Co+]. The number of nitrogens with zero attached hydrogens (tertiary/aromatic N) is 3. The van der Waals surface area contributed by atoms with Crippen LogP contribution in [0.25, 0.3) is 0 Å². The van der Waals surface area contributed by atoms with Crippen LogP contribution in [-0.4, -0.2) is 26.6 Å². The molecule has 0 saturated carbocycles. The van der Waals surface area contributed by atoms with Crippen molar-refractivity contribution < 1.29 is 14.8 Å². The number of hydrazone groups is 2. The average molecular weight is 404 g/mol. The average Bonchev–Trinajstić information content (AvgIpc) is 2.52. The second-order valence-electron chi connectivity index (χ2n) is 3.75. The van der Waals surface area contributed by atoms with Crippen molar-refractivity contribution in [2.75, 3.05) is 0 Å². The molecule has 0 fully saturated rings. The molecule has 11 heteroatoms. The van der Waals surface area contributed by atoms with Crippen LogP contribution in [0, 0.1) is 0 Å². The zero-order valence-electron chi connectivity index (χ0n) is 11.8. The normalized spacial score (nSPS) is 11.1. The fraction of sp³-hybridized carbons (Fsp3) is 0.182. The van der Waals surface area contributed by atoms with E-state index in [0.717, 1.165) is 0 Å². The quantitative estimate of drug-likeness (QED) is 0.335. The molecular formula is C11H15ClCoN7S2+. The maximum atomic E-state index is 5.31. The van der Waals surface area contributed by atoms with Crippen LogP contribution in [0.15, 0.2) is 28.4 Å². The van der Waals surface area contributed by atoms with Crippen LogP contribution >= 0.6 is 34.6 Å². The summed E-state index contributed by atoms with van der Waals surface area (Å²) < 4.78 is 0. The molecule has 22 heavy (non-hydrogen) atoms. The zero-order valence-corrected chi connectivity index (χ0v) is 15.2. The number of nitrogens with two attached hydrogens (primary N) is 2. The first kappa shape index (κ1) is 20.7. The van der Waals surface area contributed by atoms with Crippen LogP contribution in [0.2, 0.25) is 0 Å². The van der Waals surface area contributed by atoms with Crippen molar-refractivity contribution in [2.45, 2.75) is 13.8 Å². The fourth-order valence-corrected chi connectivity index (χ4v) is 1.32. The predicted octanol–water partition coefficient (Wildman–Crippen LogP) is 0.883. The monoisotopic (exact) mass is 403 g/mol. The van der Waals surface area contributed by atoms with Gasteiger partial charge in [-0.25, -0.2) is 4.98 Å². The van der Waals surface area contributed by atoms with Gasteiger partial charge >= 0.3 is 25.0 Å². The number of thiocarbonyl (C=S) groups is 2. The molecule has 0 spiro atoms. The van der Waals surface area contributed by atoms with E-state index < -0.39 is 0 Å². The Hall–Kier alpha value is -1.33. The summed E-state index contributed by atoms with van der Waals surface area (Å²) in [7, 11) is 4.33. The van der Waals surface area contributed by atoms with Crippen molar-refractivity contribution in [3.63, 3.8) is 0 Å². The third-order valence-corrected chi connectivity index (χ3v) is 2.34. The maximum absolute atomic E-state index is 5.31. The van der Waals surface area contributed by atoms with Crippen molar-refractivity contribution in [1.29, 1.82) is 0 Å². The molecule has 0 atom stereocenters. The predicted molar refractivity (Wildman–Crippen MR) is 94.4 cm³/mol. The molecule has 6 N–H and O–H groups in total. The van der Waals surface area contributed by atoms with Gasteiger partial charge in [-0.15, -0.1) is 0 Å². The van der Waals surface area contributed by atoms with Gasteiger partial charge in [0.05, 0.1) is 22.8 Å². The van der Waals surface area contributed by atoms with Gasteiger partial charge in [0.2, 0.25) is 0 Å². The van der Waals surface area contributed by atoms with Gasteiger partial charge in [0.25, 0.3) is 0 Å². The van der Waals surface area contributed by atoms with E-state index in [4.69, 9.17) is 11.5 Å². The summed E-state index contributed by atoms with van der Waals surface area (Å²) in [6, 6.07) is 5.48. The number of rotatable bonds is 4. The molecule has 1 heterocycles. The fourth-order valence-electron chi connectivity index (χ4n) is 1.23. The van der Waals surface area contributed by atoms with E-state index >= 15 is 0 Å². The molecule has 0 bridgehead atoms. The molecule has 0 amide bonds. The number of hydrogen-bond acceptors (Lipinski definition) is 5. The van der Waals surface area contributed by atoms with Gasteiger partial charge in [-0.05, 0) is 50.4 Å². The van der Waals surface area contributed by atoms with Crippen molar-refractivity contribution in [2.24, 2.45) is 21.7 Å². The molecule has 0 saturated heterocycles. The van der Waals surface area contributed by atoms with E-state index in [-0.39, 0.29) is 10.2 Å². The first-order chi connectivity index (χ1) is 10.4. The molecule has 0 unspecified atom stereocenters. The van der Waals surface area contributed by atoms with Gasteiger partial charge < -0.3 is 11.5 Å². The van der Waals surface area contributed by atoms with Crippen LogP contribution in [0.5, 0.6) is 0 Å². The van der Waals surface area contributed by atoms with Gasteiger partial charge in [-0.2, -0.15) is 10.2 Å². The van der Waals surface area contributed by atoms with Crippen molar-refractivity contribution in [3.8, 4) is 0 Å². The first-order valence-corrected chi connectivity index (χ1v) is 7.95. The topological polar surface area (TPSA) is 114 Å². The Balaban J connectivity index is 0.00000211. The van der Waals surface area contributed by atoms with Crippen LogP contribution < -0.4 is 22.3 Å². The number of nitrogens with one attached hydrogen (secondary N) is 2. The molecule has 0 aliphatic heterocycles. The van der Waals surface area contributed by atoms with E-state index in [2.05, 4.69) is 75.5 Å². The summed E-state index contributed by atoms with van der Waals surface area (Å²) in [5.74, 6) is 0. The summed E-state index contributed by atoms with van der Waals surface area (Å²) in [5, 5.41) is 8.21. The standard InChI is InChI=1S/C11H15N7S2.ClH.Co/c1-6(15-17-10(12)19)8-4-3-5-9(14-8)7(2)16-18-11(13)20;;/h3-5H,1-2H3,(H3,12,17,19)(H3,13,18,20);1H;/q;;+2/p-1. The molecule has 0 aromatic carbocycles. The van der Waals surface area contributed by atoms with Gasteiger partial charge in [-0.1, -0.05) is 6.07 Å². The van der Waals surface area contributed by atoms with Crippen molar-refractivity contribution >= 4 is 56.2 Å². The minimum absolute atomic E-state index is 0.0962. The third-order valence-electron chi connectivity index (χ3n) is 2.16. The van der Waals surface area contributed by atoms with Crippen LogP contribution in [0.3, 0.4) is 0 Å². The van der Waals surface area contributed by atoms with E-state index in [1.807, 2.05) is 18.2 Å². The van der Waals surface area contributed by atoms with Crippen molar-refractivity contribution in [1.82, 2.24) is 15.8 Å². The number of aromatic nitrogens is 1. The molecule has 121 valence electrons. The second kappa shape index (κ2) is 11.3. The summed E-state index contributed by atoms with van der Waals surface area (Å²) in [5.41, 5.74) is 18.3. The molecular weight excluding hydrogens is 389 g/mol. The van der Waals surface area contributed by atoms with Gasteiger partial charge in [0.15, 0.2) is 10.2 Å². The van der Waals surface area contributed by atoms with Gasteiger partial charge in [0.1, 0.15) is 0 Å². The molecule has 0 radical (unpaired) electrons. The number of hydrogen-bond donors (Lipinski definition) is 4. The molecule has 1 aromatic heterocycles. The Morgan fingerprint density at radius 2 is 1.41 bits per heavy atom. The number of halogens is 1. The Bertz CT molecular complexity index is 544. The summed E-state index contributed by atoms with van der Waals surface area (Å²) in [6.45, 7) is 3.58. The molecule has 7 nitrogen and oxygen atoms in total. The Morgan fingerprint density at radius 3 is 1.73 bits per heavy atom. The second-order valence-corrected chi connectivity index (χ2v) is 4.63. The van der Waals surface area contributed by atoms with Gasteiger partial charge in [0, 0.05) is 0 Å². The molecule has 0 aliphatic carbocycles.